The molecule has 1 aromatic heterocycles. The van der Waals surface area contributed by atoms with E-state index in [0.717, 1.165) is 20.5 Å². The Morgan fingerprint density at radius 3 is 2.55 bits per heavy atom. The van der Waals surface area contributed by atoms with Crippen LogP contribution in [-0.4, -0.2) is 11.0 Å². The first-order valence-corrected chi connectivity index (χ1v) is 8.76. The van der Waals surface area contributed by atoms with Gasteiger partial charge in [-0.15, -0.1) is 0 Å². The lowest BCUT2D eigenvalue weighted by Gasteiger charge is -2.12. The van der Waals surface area contributed by atoms with Crippen LogP contribution in [0.1, 0.15) is 19.4 Å². The molecular formula is C15H16Br2N2S. The molecule has 1 N–H and O–H groups in total. The van der Waals surface area contributed by atoms with Crippen molar-refractivity contribution < 1.29 is 0 Å². The molecule has 0 saturated carbocycles. The maximum absolute atomic E-state index is 4.42. The molecule has 0 aliphatic rings. The summed E-state index contributed by atoms with van der Waals surface area (Å²) >= 11 is 8.64. The fourth-order valence-electron chi connectivity index (χ4n) is 1.64. The summed E-state index contributed by atoms with van der Waals surface area (Å²) in [5.74, 6) is 0. The first kappa shape index (κ1) is 16.0. The van der Waals surface area contributed by atoms with Crippen molar-refractivity contribution in [2.75, 3.05) is 0 Å². The Morgan fingerprint density at radius 1 is 1.15 bits per heavy atom. The van der Waals surface area contributed by atoms with Gasteiger partial charge in [0.2, 0.25) is 0 Å². The van der Waals surface area contributed by atoms with Crippen molar-refractivity contribution in [3.63, 3.8) is 0 Å². The van der Waals surface area contributed by atoms with Gasteiger partial charge in [-0.05, 0) is 51.8 Å². The van der Waals surface area contributed by atoms with Gasteiger partial charge in [-0.25, -0.2) is 4.98 Å². The number of nitrogens with zero attached hydrogens (tertiary/aromatic N) is 1. The van der Waals surface area contributed by atoms with Gasteiger partial charge in [0, 0.05) is 32.6 Å². The van der Waals surface area contributed by atoms with E-state index < -0.39 is 0 Å². The Hall–Kier alpha value is -0.360. The highest BCUT2D eigenvalue weighted by Crippen LogP contribution is 2.31. The molecule has 0 aliphatic carbocycles. The Morgan fingerprint density at radius 2 is 1.90 bits per heavy atom. The predicted octanol–water partition coefficient (Wildman–Crippen LogP) is 5.26. The van der Waals surface area contributed by atoms with Gasteiger partial charge in [0.05, 0.1) is 0 Å². The lowest BCUT2D eigenvalue weighted by molar-refractivity contribution is 0.584. The normalized spacial score (nSPS) is 11.1. The zero-order valence-electron chi connectivity index (χ0n) is 11.4. The van der Waals surface area contributed by atoms with Gasteiger partial charge in [0.1, 0.15) is 5.03 Å². The number of hydrogen-bond acceptors (Lipinski definition) is 3. The zero-order valence-corrected chi connectivity index (χ0v) is 15.3. The maximum Gasteiger partial charge on any atom is 0.101 e. The van der Waals surface area contributed by atoms with Crippen LogP contribution in [0.4, 0.5) is 0 Å². The van der Waals surface area contributed by atoms with Gasteiger partial charge in [-0.1, -0.05) is 41.5 Å². The molecule has 0 saturated heterocycles. The van der Waals surface area contributed by atoms with Crippen molar-refractivity contribution in [1.29, 1.82) is 0 Å². The van der Waals surface area contributed by atoms with E-state index in [-0.39, 0.29) is 0 Å². The lowest BCUT2D eigenvalue weighted by atomic mass is 10.2. The number of hydrogen-bond donors (Lipinski definition) is 1. The first-order chi connectivity index (χ1) is 9.54. The first-order valence-electron chi connectivity index (χ1n) is 6.36. The van der Waals surface area contributed by atoms with Crippen LogP contribution in [0.5, 0.6) is 0 Å². The highest BCUT2D eigenvalue weighted by molar-refractivity contribution is 9.10. The molecule has 2 rings (SSSR count). The molecule has 0 amide bonds. The summed E-state index contributed by atoms with van der Waals surface area (Å²) in [7, 11) is 0. The summed E-state index contributed by atoms with van der Waals surface area (Å²) in [6, 6.07) is 10.9. The van der Waals surface area contributed by atoms with E-state index >= 15 is 0 Å². The molecule has 0 aliphatic heterocycles. The second kappa shape index (κ2) is 7.59. The SMILES string of the molecule is CC(C)NCc1cc(Br)ccc1Sc1ccc(Br)cn1. The van der Waals surface area contributed by atoms with E-state index in [1.165, 1.54) is 10.5 Å². The van der Waals surface area contributed by atoms with Crippen molar-refractivity contribution in [3.05, 3.63) is 51.0 Å². The molecule has 5 heteroatoms. The Kier molecular flexibility index (Phi) is 6.08. The third kappa shape index (κ3) is 4.88. The van der Waals surface area contributed by atoms with Crippen molar-refractivity contribution in [2.45, 2.75) is 36.4 Å². The molecule has 20 heavy (non-hydrogen) atoms. The Labute approximate surface area is 141 Å². The van der Waals surface area contributed by atoms with E-state index in [1.807, 2.05) is 18.3 Å². The zero-order chi connectivity index (χ0) is 14.5. The summed E-state index contributed by atoms with van der Waals surface area (Å²) in [5.41, 5.74) is 1.28. The summed E-state index contributed by atoms with van der Waals surface area (Å²) in [5, 5.41) is 4.46. The van der Waals surface area contributed by atoms with Crippen LogP contribution >= 0.6 is 43.6 Å². The van der Waals surface area contributed by atoms with Crippen LogP contribution in [0.25, 0.3) is 0 Å². The van der Waals surface area contributed by atoms with Gasteiger partial charge in [-0.3, -0.25) is 0 Å². The minimum absolute atomic E-state index is 0.470. The van der Waals surface area contributed by atoms with Crippen LogP contribution in [-0.2, 0) is 6.54 Å². The topological polar surface area (TPSA) is 24.9 Å². The molecule has 0 atom stereocenters. The van der Waals surface area contributed by atoms with E-state index in [2.05, 4.69) is 74.2 Å². The number of halogens is 2. The van der Waals surface area contributed by atoms with Crippen molar-refractivity contribution in [3.8, 4) is 0 Å². The van der Waals surface area contributed by atoms with Crippen LogP contribution in [0.3, 0.4) is 0 Å². The predicted molar refractivity (Wildman–Crippen MR) is 92.2 cm³/mol. The summed E-state index contributed by atoms with van der Waals surface area (Å²) in [4.78, 5) is 5.65. The quantitative estimate of drug-likeness (QED) is 0.721. The second-order valence-corrected chi connectivity index (χ2v) is 7.60. The third-order valence-corrected chi connectivity index (χ3v) is 4.67. The number of nitrogens with one attached hydrogen (secondary N) is 1. The second-order valence-electron chi connectivity index (χ2n) is 4.70. The molecule has 2 nitrogen and oxygen atoms in total. The lowest BCUT2D eigenvalue weighted by Crippen LogP contribution is -2.22. The Bertz CT molecular complexity index is 571. The average Bonchev–Trinajstić information content (AvgIpc) is 2.41. The smallest absolute Gasteiger partial charge is 0.101 e. The van der Waals surface area contributed by atoms with Crippen molar-refractivity contribution in [1.82, 2.24) is 10.3 Å². The minimum atomic E-state index is 0.470. The van der Waals surface area contributed by atoms with Crippen LogP contribution in [0, 0.1) is 0 Å². The molecule has 106 valence electrons. The molecule has 1 aromatic carbocycles. The highest BCUT2D eigenvalue weighted by Gasteiger charge is 2.07. The summed E-state index contributed by atoms with van der Waals surface area (Å²) in [6.45, 7) is 5.16. The van der Waals surface area contributed by atoms with Crippen LogP contribution < -0.4 is 5.32 Å². The number of pyridine rings is 1. The van der Waals surface area contributed by atoms with E-state index in [1.54, 1.807) is 11.8 Å². The van der Waals surface area contributed by atoms with Crippen LogP contribution in [0.15, 0.2) is 55.4 Å². The maximum atomic E-state index is 4.42. The van der Waals surface area contributed by atoms with Gasteiger partial charge in [0.25, 0.3) is 0 Å². The molecule has 2 aromatic rings. The van der Waals surface area contributed by atoms with E-state index in [9.17, 15) is 0 Å². The van der Waals surface area contributed by atoms with E-state index in [0.29, 0.717) is 6.04 Å². The molecule has 0 fully saturated rings. The summed E-state index contributed by atoms with van der Waals surface area (Å²) in [6.07, 6.45) is 1.83. The van der Waals surface area contributed by atoms with Gasteiger partial charge in [0.15, 0.2) is 0 Å². The fraction of sp³-hybridized carbons (Fsp3) is 0.267. The van der Waals surface area contributed by atoms with Crippen molar-refractivity contribution in [2.24, 2.45) is 0 Å². The minimum Gasteiger partial charge on any atom is -0.310 e. The monoisotopic (exact) mass is 414 g/mol. The molecule has 0 radical (unpaired) electrons. The molecule has 0 bridgehead atoms. The Balaban J connectivity index is 2.19. The largest absolute Gasteiger partial charge is 0.310 e. The average molecular weight is 416 g/mol. The highest BCUT2D eigenvalue weighted by atomic mass is 79.9. The van der Waals surface area contributed by atoms with Crippen LogP contribution in [0.2, 0.25) is 0 Å². The molecule has 0 unspecified atom stereocenters. The van der Waals surface area contributed by atoms with Gasteiger partial charge < -0.3 is 5.32 Å². The van der Waals surface area contributed by atoms with Crippen molar-refractivity contribution >= 4 is 43.6 Å². The van der Waals surface area contributed by atoms with Gasteiger partial charge >= 0.3 is 0 Å². The van der Waals surface area contributed by atoms with Gasteiger partial charge in [-0.2, -0.15) is 0 Å². The number of rotatable bonds is 5. The summed E-state index contributed by atoms with van der Waals surface area (Å²) < 4.78 is 2.10. The molecular weight excluding hydrogens is 400 g/mol. The van der Waals surface area contributed by atoms with E-state index in [4.69, 9.17) is 0 Å². The standard InChI is InChI=1S/C15H16Br2N2S/c1-10(2)18-8-11-7-12(16)3-5-14(11)20-15-6-4-13(17)9-19-15/h3-7,9-10,18H,8H2,1-2H3. The third-order valence-electron chi connectivity index (χ3n) is 2.64. The molecule has 1 heterocycles. The number of benzene rings is 1. The number of aromatic nitrogens is 1. The fourth-order valence-corrected chi connectivity index (χ4v) is 3.14. The molecule has 0 spiro atoms.